The van der Waals surface area contributed by atoms with E-state index >= 15 is 0 Å². The van der Waals surface area contributed by atoms with Crippen LogP contribution in [-0.4, -0.2) is 16.8 Å². The van der Waals surface area contributed by atoms with Gasteiger partial charge >= 0.3 is 0 Å². The maximum absolute atomic E-state index is 9.42. The highest BCUT2D eigenvalue weighted by Crippen LogP contribution is 2.47. The smallest absolute Gasteiger partial charge is 0.0823 e. The van der Waals surface area contributed by atoms with E-state index in [1.54, 1.807) is 0 Å². The zero-order chi connectivity index (χ0) is 20.1. The van der Waals surface area contributed by atoms with Crippen molar-refractivity contribution in [2.75, 3.05) is 11.9 Å². The van der Waals surface area contributed by atoms with Gasteiger partial charge in [0.2, 0.25) is 0 Å². The summed E-state index contributed by atoms with van der Waals surface area (Å²) in [6.07, 6.45) is 1.95. The molecule has 4 rings (SSSR count). The summed E-state index contributed by atoms with van der Waals surface area (Å²) in [6, 6.07) is 17.5. The molecule has 28 heavy (non-hydrogen) atoms. The zero-order valence-corrected chi connectivity index (χ0v) is 17.2. The lowest BCUT2D eigenvalue weighted by molar-refractivity contribution is 0.731. The first-order valence-electron chi connectivity index (χ1n) is 9.73. The molecule has 1 aliphatic carbocycles. The fourth-order valence-corrected chi connectivity index (χ4v) is 4.05. The topological polar surface area (TPSA) is 44.9 Å². The zero-order valence-electron chi connectivity index (χ0n) is 17.2. The summed E-state index contributed by atoms with van der Waals surface area (Å²) < 4.78 is 1.94. The van der Waals surface area contributed by atoms with Crippen LogP contribution in [0, 0.1) is 32.1 Å². The third-order valence-electron chi connectivity index (χ3n) is 6.14. The first-order valence-corrected chi connectivity index (χ1v) is 9.73. The van der Waals surface area contributed by atoms with Crippen molar-refractivity contribution in [3.8, 4) is 17.2 Å². The largest absolute Gasteiger partial charge is 0.344 e. The minimum absolute atomic E-state index is 0.234. The van der Waals surface area contributed by atoms with Crippen molar-refractivity contribution in [3.05, 3.63) is 65.0 Å². The Balaban J connectivity index is 1.70. The molecule has 2 aromatic carbocycles. The highest BCUT2D eigenvalue weighted by atomic mass is 15.3. The number of benzene rings is 2. The molecule has 0 saturated heterocycles. The van der Waals surface area contributed by atoms with E-state index in [2.05, 4.69) is 86.4 Å². The van der Waals surface area contributed by atoms with Gasteiger partial charge in [-0.1, -0.05) is 24.3 Å². The van der Waals surface area contributed by atoms with Crippen molar-refractivity contribution in [3.63, 3.8) is 0 Å². The van der Waals surface area contributed by atoms with Gasteiger partial charge in [0, 0.05) is 36.7 Å². The van der Waals surface area contributed by atoms with E-state index in [1.807, 2.05) is 11.7 Å². The molecule has 0 unspecified atom stereocenters. The van der Waals surface area contributed by atoms with Crippen molar-refractivity contribution >= 4 is 11.4 Å². The number of aromatic nitrogens is 2. The van der Waals surface area contributed by atoms with Crippen LogP contribution in [0.3, 0.4) is 0 Å². The number of anilines is 2. The molecule has 0 radical (unpaired) electrons. The Morgan fingerprint density at radius 1 is 1.07 bits per heavy atom. The monoisotopic (exact) mass is 370 g/mol. The van der Waals surface area contributed by atoms with Crippen molar-refractivity contribution < 1.29 is 0 Å². The number of rotatable bonds is 4. The summed E-state index contributed by atoms with van der Waals surface area (Å²) in [5, 5.41) is 14.0. The molecule has 0 atom stereocenters. The van der Waals surface area contributed by atoms with Gasteiger partial charge in [0.15, 0.2) is 0 Å². The molecule has 0 bridgehead atoms. The molecule has 1 fully saturated rings. The predicted octanol–water partition coefficient (Wildman–Crippen LogP) is 5.34. The van der Waals surface area contributed by atoms with Crippen LogP contribution in [0.1, 0.15) is 35.4 Å². The Morgan fingerprint density at radius 3 is 2.29 bits per heavy atom. The fraction of sp³-hybridized carbons (Fsp3) is 0.333. The van der Waals surface area contributed by atoms with Crippen LogP contribution in [0.2, 0.25) is 0 Å². The number of hydrogen-bond acceptors (Lipinski definition) is 3. The Bertz CT molecular complexity index is 1080. The van der Waals surface area contributed by atoms with Gasteiger partial charge in [-0.05, 0) is 68.5 Å². The van der Waals surface area contributed by atoms with Gasteiger partial charge < -0.3 is 4.90 Å². The van der Waals surface area contributed by atoms with Crippen molar-refractivity contribution in [1.82, 2.24) is 9.78 Å². The Hall–Kier alpha value is -3.06. The van der Waals surface area contributed by atoms with E-state index in [0.29, 0.717) is 0 Å². The van der Waals surface area contributed by atoms with Crippen LogP contribution in [0.15, 0.2) is 42.5 Å². The van der Waals surface area contributed by atoms with E-state index in [0.717, 1.165) is 29.8 Å². The maximum Gasteiger partial charge on any atom is 0.0823 e. The molecule has 0 N–H and O–H groups in total. The Morgan fingerprint density at radius 2 is 1.75 bits per heavy atom. The van der Waals surface area contributed by atoms with Crippen LogP contribution in [0.4, 0.5) is 11.4 Å². The van der Waals surface area contributed by atoms with E-state index in [4.69, 9.17) is 0 Å². The van der Waals surface area contributed by atoms with Crippen molar-refractivity contribution in [2.45, 2.75) is 39.0 Å². The molecular weight excluding hydrogens is 344 g/mol. The number of hydrogen-bond donors (Lipinski definition) is 0. The van der Waals surface area contributed by atoms with Crippen LogP contribution < -0.4 is 4.90 Å². The molecule has 4 nitrogen and oxygen atoms in total. The minimum atomic E-state index is -0.234. The second-order valence-corrected chi connectivity index (χ2v) is 7.97. The van der Waals surface area contributed by atoms with E-state index in [1.165, 1.54) is 28.1 Å². The Kier molecular flexibility index (Phi) is 4.27. The minimum Gasteiger partial charge on any atom is -0.344 e. The van der Waals surface area contributed by atoms with Gasteiger partial charge in [-0.15, -0.1) is 0 Å². The third kappa shape index (κ3) is 2.88. The maximum atomic E-state index is 9.42. The van der Waals surface area contributed by atoms with Crippen LogP contribution >= 0.6 is 0 Å². The predicted molar refractivity (Wildman–Crippen MR) is 114 cm³/mol. The number of nitriles is 1. The van der Waals surface area contributed by atoms with E-state index < -0.39 is 0 Å². The summed E-state index contributed by atoms with van der Waals surface area (Å²) in [7, 11) is 4.09. The first-order chi connectivity index (χ1) is 13.4. The Labute approximate surface area is 167 Å². The molecule has 0 aliphatic heterocycles. The van der Waals surface area contributed by atoms with Crippen LogP contribution in [-0.2, 0) is 12.5 Å². The van der Waals surface area contributed by atoms with Gasteiger partial charge in [0.25, 0.3) is 0 Å². The van der Waals surface area contributed by atoms with Gasteiger partial charge in [0.1, 0.15) is 0 Å². The van der Waals surface area contributed by atoms with Crippen LogP contribution in [0.25, 0.3) is 11.1 Å². The summed E-state index contributed by atoms with van der Waals surface area (Å²) >= 11 is 0. The summed E-state index contributed by atoms with van der Waals surface area (Å²) in [6.45, 7) is 6.31. The third-order valence-corrected chi connectivity index (χ3v) is 6.14. The molecule has 0 amide bonds. The summed E-state index contributed by atoms with van der Waals surface area (Å²) in [5.41, 5.74) is 9.04. The standard InChI is InChI=1S/C24H26N4/c1-16-6-7-19(23-17(2)26-28(5)18(23)3)14-22(16)27(4)21-10-8-20(9-11-21)24(15-25)12-13-24/h6-11,14H,12-13H2,1-5H3. The highest BCUT2D eigenvalue weighted by molar-refractivity contribution is 5.76. The normalized spacial score (nSPS) is 14.6. The lowest BCUT2D eigenvalue weighted by Crippen LogP contribution is -2.11. The fourth-order valence-electron chi connectivity index (χ4n) is 4.05. The molecule has 0 spiro atoms. The lowest BCUT2D eigenvalue weighted by Gasteiger charge is -2.23. The molecule has 4 heteroatoms. The molecule has 1 aliphatic rings. The second-order valence-electron chi connectivity index (χ2n) is 7.97. The summed E-state index contributed by atoms with van der Waals surface area (Å²) in [5.74, 6) is 0. The molecular formula is C24H26N4. The van der Waals surface area contributed by atoms with Gasteiger partial charge in [-0.3, -0.25) is 4.68 Å². The molecule has 142 valence electrons. The average Bonchev–Trinajstić information content (AvgIpc) is 3.45. The quantitative estimate of drug-likeness (QED) is 0.623. The molecule has 1 heterocycles. The van der Waals surface area contributed by atoms with Crippen LogP contribution in [0.5, 0.6) is 0 Å². The van der Waals surface area contributed by atoms with Crippen molar-refractivity contribution in [2.24, 2.45) is 7.05 Å². The molecule has 3 aromatic rings. The summed E-state index contributed by atoms with van der Waals surface area (Å²) in [4.78, 5) is 2.22. The van der Waals surface area contributed by atoms with E-state index in [-0.39, 0.29) is 5.41 Å². The first kappa shape index (κ1) is 18.3. The van der Waals surface area contributed by atoms with Crippen molar-refractivity contribution in [1.29, 1.82) is 5.26 Å². The molecule has 1 aromatic heterocycles. The molecule has 1 saturated carbocycles. The highest BCUT2D eigenvalue weighted by Gasteiger charge is 2.44. The van der Waals surface area contributed by atoms with Gasteiger partial charge in [-0.2, -0.15) is 10.4 Å². The second kappa shape index (κ2) is 6.53. The lowest BCUT2D eigenvalue weighted by atomic mass is 9.97. The number of nitrogens with zero attached hydrogens (tertiary/aromatic N) is 4. The SMILES string of the molecule is Cc1ccc(-c2c(C)nn(C)c2C)cc1N(C)c1ccc(C2(C#N)CC2)cc1. The average molecular weight is 371 g/mol. The number of aryl methyl sites for hydroxylation is 3. The van der Waals surface area contributed by atoms with E-state index in [9.17, 15) is 5.26 Å². The van der Waals surface area contributed by atoms with Gasteiger partial charge in [-0.25, -0.2) is 0 Å². The van der Waals surface area contributed by atoms with Gasteiger partial charge in [0.05, 0.1) is 17.2 Å².